The molecule has 1 aromatic carbocycles. The molecule has 13 heavy (non-hydrogen) atoms. The third-order valence-electron chi connectivity index (χ3n) is 1.65. The fourth-order valence-corrected chi connectivity index (χ4v) is 0.905. The zero-order valence-corrected chi connectivity index (χ0v) is 6.85. The minimum Gasteiger partial charge on any atom is -0.293 e. The van der Waals surface area contributed by atoms with Gasteiger partial charge >= 0.3 is 5.92 Å². The summed E-state index contributed by atoms with van der Waals surface area (Å²) in [6, 6.07) is 4.34. The highest BCUT2D eigenvalue weighted by atomic mass is 19.3. The van der Waals surface area contributed by atoms with Crippen LogP contribution in [0.2, 0.25) is 0 Å². The maximum atomic E-state index is 12.9. The molecule has 0 heterocycles. The van der Waals surface area contributed by atoms with Gasteiger partial charge in [-0.3, -0.25) is 4.79 Å². The highest BCUT2D eigenvalue weighted by Gasteiger charge is 2.39. The van der Waals surface area contributed by atoms with E-state index >= 15 is 0 Å². The molecule has 0 radical (unpaired) electrons. The Hall–Kier alpha value is -1.32. The maximum Gasteiger partial charge on any atom is 0.332 e. The summed E-state index contributed by atoms with van der Waals surface area (Å²) in [5.41, 5.74) is -0.873. The number of Topliss-reactive ketones (excluding diaryl/α,β-unsaturated/α-hetero) is 1. The summed E-state index contributed by atoms with van der Waals surface area (Å²) < 4.78 is 38.7. The molecule has 0 fully saturated rings. The quantitative estimate of drug-likeness (QED) is 0.696. The molecule has 0 aliphatic heterocycles. The predicted octanol–water partition coefficient (Wildman–Crippen LogP) is 2.51. The highest BCUT2D eigenvalue weighted by molar-refractivity contribution is 5.84. The van der Waals surface area contributed by atoms with Crippen LogP contribution in [0.5, 0.6) is 0 Å². The Morgan fingerprint density at radius 3 is 2.31 bits per heavy atom. The van der Waals surface area contributed by atoms with Crippen LogP contribution < -0.4 is 0 Å². The van der Waals surface area contributed by atoms with Crippen molar-refractivity contribution in [1.82, 2.24) is 0 Å². The van der Waals surface area contributed by atoms with Crippen molar-refractivity contribution >= 4 is 5.78 Å². The molecule has 0 aromatic heterocycles. The smallest absolute Gasteiger partial charge is 0.293 e. The van der Waals surface area contributed by atoms with Gasteiger partial charge in [0.2, 0.25) is 5.78 Å². The number of rotatable bonds is 2. The van der Waals surface area contributed by atoms with Gasteiger partial charge in [0.15, 0.2) is 0 Å². The number of alkyl halides is 2. The lowest BCUT2D eigenvalue weighted by atomic mass is 10.1. The van der Waals surface area contributed by atoms with E-state index in [2.05, 4.69) is 0 Å². The van der Waals surface area contributed by atoms with Crippen molar-refractivity contribution in [1.29, 1.82) is 0 Å². The van der Waals surface area contributed by atoms with Crippen LogP contribution in [0, 0.1) is 5.82 Å². The Labute approximate surface area is 73.2 Å². The van der Waals surface area contributed by atoms with Gasteiger partial charge in [-0.25, -0.2) is 4.39 Å². The van der Waals surface area contributed by atoms with Gasteiger partial charge in [-0.15, -0.1) is 0 Å². The average molecular weight is 188 g/mol. The molecule has 0 atom stereocenters. The van der Waals surface area contributed by atoms with E-state index in [0.29, 0.717) is 0 Å². The minimum atomic E-state index is -3.73. The van der Waals surface area contributed by atoms with Gasteiger partial charge in [-0.05, 0) is 12.1 Å². The Kier molecular flexibility index (Phi) is 2.40. The second kappa shape index (κ2) is 3.20. The summed E-state index contributed by atoms with van der Waals surface area (Å²) in [5.74, 6) is -6.16. The number of ketones is 1. The van der Waals surface area contributed by atoms with E-state index in [4.69, 9.17) is 0 Å². The zero-order chi connectivity index (χ0) is 10.1. The van der Waals surface area contributed by atoms with Gasteiger partial charge in [-0.2, -0.15) is 8.78 Å². The largest absolute Gasteiger partial charge is 0.332 e. The molecule has 70 valence electrons. The summed E-state index contributed by atoms with van der Waals surface area (Å²) in [4.78, 5) is 10.5. The first-order valence-corrected chi connectivity index (χ1v) is 3.60. The predicted molar refractivity (Wildman–Crippen MR) is 41.0 cm³/mol. The Balaban J connectivity index is 3.22. The number of carbonyl (C=O) groups is 1. The lowest BCUT2D eigenvalue weighted by Crippen LogP contribution is -2.24. The normalized spacial score (nSPS) is 11.4. The van der Waals surface area contributed by atoms with Gasteiger partial charge in [0.25, 0.3) is 0 Å². The van der Waals surface area contributed by atoms with Gasteiger partial charge in [0.05, 0.1) is 5.56 Å². The number of halogens is 3. The van der Waals surface area contributed by atoms with E-state index in [1.165, 1.54) is 12.1 Å². The first kappa shape index (κ1) is 9.77. The molecule has 0 saturated heterocycles. The van der Waals surface area contributed by atoms with Crippen molar-refractivity contribution in [2.75, 3.05) is 0 Å². The molecule has 0 aliphatic carbocycles. The van der Waals surface area contributed by atoms with E-state index in [0.717, 1.165) is 19.1 Å². The van der Waals surface area contributed by atoms with Crippen LogP contribution in [0.4, 0.5) is 13.2 Å². The van der Waals surface area contributed by atoms with E-state index in [9.17, 15) is 18.0 Å². The molecule has 4 heteroatoms. The van der Waals surface area contributed by atoms with Crippen molar-refractivity contribution in [2.45, 2.75) is 12.8 Å². The summed E-state index contributed by atoms with van der Waals surface area (Å²) in [5, 5.41) is 0. The summed E-state index contributed by atoms with van der Waals surface area (Å²) in [6.07, 6.45) is 0. The molecule has 1 rings (SSSR count). The van der Waals surface area contributed by atoms with Gasteiger partial charge in [0.1, 0.15) is 5.82 Å². The van der Waals surface area contributed by atoms with Gasteiger partial charge < -0.3 is 0 Å². The van der Waals surface area contributed by atoms with Crippen LogP contribution in [0.3, 0.4) is 0 Å². The van der Waals surface area contributed by atoms with Crippen LogP contribution in [-0.4, -0.2) is 5.78 Å². The van der Waals surface area contributed by atoms with Crippen molar-refractivity contribution in [2.24, 2.45) is 0 Å². The van der Waals surface area contributed by atoms with Crippen LogP contribution in [-0.2, 0) is 10.7 Å². The molecule has 1 aromatic rings. The van der Waals surface area contributed by atoms with Crippen LogP contribution in [0.1, 0.15) is 12.5 Å². The zero-order valence-electron chi connectivity index (χ0n) is 6.85. The van der Waals surface area contributed by atoms with Crippen LogP contribution in [0.25, 0.3) is 0 Å². The monoisotopic (exact) mass is 188 g/mol. The van der Waals surface area contributed by atoms with Gasteiger partial charge in [0, 0.05) is 6.92 Å². The van der Waals surface area contributed by atoms with E-state index in [1.54, 1.807) is 0 Å². The summed E-state index contributed by atoms with van der Waals surface area (Å²) in [7, 11) is 0. The lowest BCUT2D eigenvalue weighted by Gasteiger charge is -2.13. The lowest BCUT2D eigenvalue weighted by molar-refractivity contribution is -0.142. The van der Waals surface area contributed by atoms with E-state index < -0.39 is 23.1 Å². The number of benzene rings is 1. The van der Waals surface area contributed by atoms with Crippen LogP contribution in [0.15, 0.2) is 24.3 Å². The average Bonchev–Trinajstić information content (AvgIpc) is 2.04. The van der Waals surface area contributed by atoms with Gasteiger partial charge in [-0.1, -0.05) is 12.1 Å². The fourth-order valence-electron chi connectivity index (χ4n) is 0.905. The summed E-state index contributed by atoms with van der Waals surface area (Å²) >= 11 is 0. The highest BCUT2D eigenvalue weighted by Crippen LogP contribution is 2.30. The number of hydrogen-bond acceptors (Lipinski definition) is 1. The molecule has 0 saturated carbocycles. The van der Waals surface area contributed by atoms with E-state index in [1.807, 2.05) is 0 Å². The number of carbonyl (C=O) groups excluding carboxylic acids is 1. The molecule has 0 bridgehead atoms. The SMILES string of the molecule is CC(=O)C(F)(F)c1ccccc1F. The topological polar surface area (TPSA) is 17.1 Å². The fraction of sp³-hybridized carbons (Fsp3) is 0.222. The standard InChI is InChI=1S/C9H7F3O/c1-6(13)9(11,12)7-4-2-3-5-8(7)10/h2-5H,1H3. The Morgan fingerprint density at radius 1 is 1.31 bits per heavy atom. The summed E-state index contributed by atoms with van der Waals surface area (Å²) in [6.45, 7) is 0.729. The second-order valence-corrected chi connectivity index (χ2v) is 2.61. The molecule has 0 spiro atoms. The molecule has 0 amide bonds. The minimum absolute atomic E-state index is 0.729. The third-order valence-corrected chi connectivity index (χ3v) is 1.65. The second-order valence-electron chi connectivity index (χ2n) is 2.61. The molecule has 0 N–H and O–H groups in total. The van der Waals surface area contributed by atoms with Crippen molar-refractivity contribution < 1.29 is 18.0 Å². The molecular weight excluding hydrogens is 181 g/mol. The Bertz CT molecular complexity index is 333. The third kappa shape index (κ3) is 1.71. The van der Waals surface area contributed by atoms with Crippen LogP contribution >= 0.6 is 0 Å². The Morgan fingerprint density at radius 2 is 1.85 bits per heavy atom. The molecular formula is C9H7F3O. The number of hydrogen-bond donors (Lipinski definition) is 0. The molecule has 0 unspecified atom stereocenters. The molecule has 1 nitrogen and oxygen atoms in total. The first-order chi connectivity index (χ1) is 5.96. The van der Waals surface area contributed by atoms with Crippen molar-refractivity contribution in [3.8, 4) is 0 Å². The van der Waals surface area contributed by atoms with E-state index in [-0.39, 0.29) is 0 Å². The first-order valence-electron chi connectivity index (χ1n) is 3.60. The van der Waals surface area contributed by atoms with Crippen molar-refractivity contribution in [3.05, 3.63) is 35.6 Å². The molecule has 0 aliphatic rings. The maximum absolute atomic E-state index is 12.9. The van der Waals surface area contributed by atoms with Crippen molar-refractivity contribution in [3.63, 3.8) is 0 Å².